The van der Waals surface area contributed by atoms with Crippen LogP contribution in [0.3, 0.4) is 0 Å². The maximum Gasteiger partial charge on any atom is 0.239 e. The van der Waals surface area contributed by atoms with Gasteiger partial charge in [-0.3, -0.25) is 4.79 Å². The van der Waals surface area contributed by atoms with Crippen LogP contribution in [-0.2, 0) is 4.79 Å². The topological polar surface area (TPSA) is 46.3 Å². The Kier molecular flexibility index (Phi) is 4.53. The highest BCUT2D eigenvalue weighted by molar-refractivity contribution is 5.81. The lowest BCUT2D eigenvalue weighted by Gasteiger charge is -2.30. The average Bonchev–Trinajstić information content (AvgIpc) is 2.48. The third-order valence-electron chi connectivity index (χ3n) is 3.36. The van der Waals surface area contributed by atoms with Gasteiger partial charge in [0.1, 0.15) is 0 Å². The largest absolute Gasteiger partial charge is 0.333 e. The van der Waals surface area contributed by atoms with Crippen LogP contribution in [0.4, 0.5) is 0 Å². The zero-order valence-corrected chi connectivity index (χ0v) is 11.9. The number of benzene rings is 2. The van der Waals surface area contributed by atoms with E-state index in [-0.39, 0.29) is 11.9 Å². The Morgan fingerprint density at radius 3 is 1.70 bits per heavy atom. The van der Waals surface area contributed by atoms with Crippen molar-refractivity contribution in [1.29, 1.82) is 0 Å². The third kappa shape index (κ3) is 3.06. The summed E-state index contributed by atoms with van der Waals surface area (Å²) < 4.78 is 0. The smallest absolute Gasteiger partial charge is 0.239 e. The van der Waals surface area contributed by atoms with Gasteiger partial charge in [-0.1, -0.05) is 60.7 Å². The first kappa shape index (κ1) is 14.3. The molecule has 2 aromatic carbocycles. The second-order valence-corrected chi connectivity index (χ2v) is 4.96. The Balaban J connectivity index is 2.43. The van der Waals surface area contributed by atoms with Gasteiger partial charge in [0, 0.05) is 7.05 Å². The van der Waals surface area contributed by atoms with E-state index in [4.69, 9.17) is 5.73 Å². The number of carbonyl (C=O) groups is 1. The van der Waals surface area contributed by atoms with E-state index in [0.29, 0.717) is 0 Å². The van der Waals surface area contributed by atoms with E-state index >= 15 is 0 Å². The summed E-state index contributed by atoms with van der Waals surface area (Å²) >= 11 is 0. The van der Waals surface area contributed by atoms with Gasteiger partial charge in [0.05, 0.1) is 12.1 Å². The molecule has 0 aliphatic carbocycles. The zero-order chi connectivity index (χ0) is 14.5. The van der Waals surface area contributed by atoms with E-state index in [2.05, 4.69) is 0 Å². The molecule has 0 spiro atoms. The Morgan fingerprint density at radius 2 is 1.35 bits per heavy atom. The summed E-state index contributed by atoms with van der Waals surface area (Å²) in [6, 6.07) is 19.4. The summed E-state index contributed by atoms with van der Waals surface area (Å²) in [5.74, 6) is -0.0669. The van der Waals surface area contributed by atoms with Crippen LogP contribution in [0.5, 0.6) is 0 Å². The molecule has 0 saturated carbocycles. The van der Waals surface area contributed by atoms with Crippen molar-refractivity contribution in [3.8, 4) is 0 Å². The molecule has 2 aromatic rings. The van der Waals surface area contributed by atoms with Crippen LogP contribution in [0.25, 0.3) is 0 Å². The number of carbonyl (C=O) groups excluding carboxylic acids is 1. The van der Waals surface area contributed by atoms with Crippen molar-refractivity contribution in [2.24, 2.45) is 5.73 Å². The quantitative estimate of drug-likeness (QED) is 0.926. The van der Waals surface area contributed by atoms with Gasteiger partial charge in [-0.2, -0.15) is 0 Å². The predicted molar refractivity (Wildman–Crippen MR) is 81.1 cm³/mol. The van der Waals surface area contributed by atoms with Gasteiger partial charge in [0.2, 0.25) is 5.91 Å². The lowest BCUT2D eigenvalue weighted by Crippen LogP contribution is -2.42. The van der Waals surface area contributed by atoms with Crippen LogP contribution < -0.4 is 5.73 Å². The molecular weight excluding hydrogens is 248 g/mol. The summed E-state index contributed by atoms with van der Waals surface area (Å²) in [5, 5.41) is 0. The summed E-state index contributed by atoms with van der Waals surface area (Å²) in [4.78, 5) is 13.9. The summed E-state index contributed by atoms with van der Waals surface area (Å²) in [6.07, 6.45) is 0. The molecule has 0 fully saturated rings. The molecule has 2 rings (SSSR count). The number of rotatable bonds is 4. The second-order valence-electron chi connectivity index (χ2n) is 4.96. The Labute approximate surface area is 120 Å². The first-order chi connectivity index (χ1) is 9.61. The van der Waals surface area contributed by atoms with Gasteiger partial charge in [0.15, 0.2) is 0 Å². The van der Waals surface area contributed by atoms with Crippen molar-refractivity contribution in [2.75, 3.05) is 7.05 Å². The van der Waals surface area contributed by atoms with E-state index in [0.717, 1.165) is 11.1 Å². The van der Waals surface area contributed by atoms with Crippen LogP contribution in [0.15, 0.2) is 60.7 Å². The second kappa shape index (κ2) is 6.35. The van der Waals surface area contributed by atoms with E-state index in [1.165, 1.54) is 0 Å². The molecule has 0 radical (unpaired) electrons. The lowest BCUT2D eigenvalue weighted by atomic mass is 9.97. The molecule has 1 atom stereocenters. The predicted octanol–water partition coefficient (Wildman–Crippen LogP) is 2.58. The third-order valence-corrected chi connectivity index (χ3v) is 3.36. The fourth-order valence-corrected chi connectivity index (χ4v) is 2.36. The minimum Gasteiger partial charge on any atom is -0.333 e. The number of hydrogen-bond acceptors (Lipinski definition) is 2. The number of nitrogens with two attached hydrogens (primary N) is 1. The lowest BCUT2D eigenvalue weighted by molar-refractivity contribution is -0.132. The molecule has 104 valence electrons. The van der Waals surface area contributed by atoms with E-state index in [1.54, 1.807) is 18.9 Å². The van der Waals surface area contributed by atoms with Crippen LogP contribution >= 0.6 is 0 Å². The van der Waals surface area contributed by atoms with Crippen molar-refractivity contribution < 1.29 is 4.79 Å². The summed E-state index contributed by atoms with van der Waals surface area (Å²) in [6.45, 7) is 1.71. The van der Waals surface area contributed by atoms with E-state index in [9.17, 15) is 4.79 Å². The SMILES string of the molecule is CC(N)C(=O)N(C)C(c1ccccc1)c1ccccc1. The molecular formula is C17H20N2O. The molecule has 0 saturated heterocycles. The first-order valence-electron chi connectivity index (χ1n) is 6.73. The van der Waals surface area contributed by atoms with Gasteiger partial charge < -0.3 is 10.6 Å². The van der Waals surface area contributed by atoms with Gasteiger partial charge in [-0.15, -0.1) is 0 Å². The average molecular weight is 268 g/mol. The molecule has 0 heterocycles. The minimum absolute atomic E-state index is 0.0669. The summed E-state index contributed by atoms with van der Waals surface area (Å²) in [7, 11) is 1.80. The highest BCUT2D eigenvalue weighted by atomic mass is 16.2. The molecule has 3 heteroatoms. The highest BCUT2D eigenvalue weighted by Gasteiger charge is 2.24. The van der Waals surface area contributed by atoms with Gasteiger partial charge in [0.25, 0.3) is 0 Å². The van der Waals surface area contributed by atoms with Crippen LogP contribution in [-0.4, -0.2) is 23.9 Å². The van der Waals surface area contributed by atoms with Crippen molar-refractivity contribution in [3.63, 3.8) is 0 Å². The fraction of sp³-hybridized carbons (Fsp3) is 0.235. The Morgan fingerprint density at radius 1 is 0.950 bits per heavy atom. The standard InChI is InChI=1S/C17H20N2O/c1-13(18)17(20)19(2)16(14-9-5-3-6-10-14)15-11-7-4-8-12-15/h3-13,16H,18H2,1-2H3. The van der Waals surface area contributed by atoms with Crippen molar-refractivity contribution in [1.82, 2.24) is 4.90 Å². The molecule has 0 aliphatic rings. The van der Waals surface area contributed by atoms with Crippen LogP contribution in [0.2, 0.25) is 0 Å². The molecule has 20 heavy (non-hydrogen) atoms. The monoisotopic (exact) mass is 268 g/mol. The number of amides is 1. The number of nitrogens with zero attached hydrogens (tertiary/aromatic N) is 1. The first-order valence-corrected chi connectivity index (χ1v) is 6.73. The van der Waals surface area contributed by atoms with Crippen molar-refractivity contribution in [2.45, 2.75) is 19.0 Å². The molecule has 2 N–H and O–H groups in total. The maximum atomic E-state index is 12.2. The van der Waals surface area contributed by atoms with Crippen LogP contribution in [0.1, 0.15) is 24.1 Å². The fourth-order valence-electron chi connectivity index (χ4n) is 2.36. The Bertz CT molecular complexity index is 512. The molecule has 0 aromatic heterocycles. The highest BCUT2D eigenvalue weighted by Crippen LogP contribution is 2.27. The molecule has 3 nitrogen and oxygen atoms in total. The van der Waals surface area contributed by atoms with Gasteiger partial charge >= 0.3 is 0 Å². The Hall–Kier alpha value is -2.13. The molecule has 1 amide bonds. The maximum absolute atomic E-state index is 12.2. The minimum atomic E-state index is -0.505. The number of likely N-dealkylation sites (N-methyl/N-ethyl adjacent to an activating group) is 1. The molecule has 0 aliphatic heterocycles. The number of hydrogen-bond donors (Lipinski definition) is 1. The summed E-state index contributed by atoms with van der Waals surface area (Å²) in [5.41, 5.74) is 7.90. The van der Waals surface area contributed by atoms with Crippen molar-refractivity contribution in [3.05, 3.63) is 71.8 Å². The van der Waals surface area contributed by atoms with E-state index < -0.39 is 6.04 Å². The molecule has 0 bridgehead atoms. The normalized spacial score (nSPS) is 12.2. The molecule has 1 unspecified atom stereocenters. The zero-order valence-electron chi connectivity index (χ0n) is 11.9. The van der Waals surface area contributed by atoms with Crippen molar-refractivity contribution >= 4 is 5.91 Å². The van der Waals surface area contributed by atoms with E-state index in [1.807, 2.05) is 60.7 Å². The van der Waals surface area contributed by atoms with Gasteiger partial charge in [-0.05, 0) is 18.1 Å². The van der Waals surface area contributed by atoms with Crippen LogP contribution in [0, 0.1) is 0 Å². The van der Waals surface area contributed by atoms with Gasteiger partial charge in [-0.25, -0.2) is 0 Å².